The fraction of sp³-hybridized carbons (Fsp3) is 0.500. The predicted octanol–water partition coefficient (Wildman–Crippen LogP) is 3.72. The summed E-state index contributed by atoms with van der Waals surface area (Å²) in [5.74, 6) is 0.627. The van der Waals surface area contributed by atoms with Crippen molar-refractivity contribution >= 4 is 5.91 Å². The van der Waals surface area contributed by atoms with Crippen molar-refractivity contribution in [2.24, 2.45) is 0 Å². The number of carbonyl (C=O) groups excluding carboxylic acids is 1. The van der Waals surface area contributed by atoms with Crippen molar-refractivity contribution in [3.63, 3.8) is 0 Å². The number of hydrogen-bond donors (Lipinski definition) is 2. The van der Waals surface area contributed by atoms with E-state index in [9.17, 15) is 9.90 Å². The van der Waals surface area contributed by atoms with Gasteiger partial charge in [0.1, 0.15) is 5.76 Å². The molecule has 2 aromatic rings. The van der Waals surface area contributed by atoms with Gasteiger partial charge in [0.05, 0.1) is 11.8 Å². The van der Waals surface area contributed by atoms with Crippen molar-refractivity contribution in [1.82, 2.24) is 10.5 Å². The van der Waals surface area contributed by atoms with Gasteiger partial charge in [0.25, 0.3) is 0 Å². The van der Waals surface area contributed by atoms with Crippen LogP contribution in [0.4, 0.5) is 0 Å². The monoisotopic (exact) mass is 344 g/mol. The van der Waals surface area contributed by atoms with E-state index in [1.165, 1.54) is 5.56 Å². The summed E-state index contributed by atoms with van der Waals surface area (Å²) in [7, 11) is 0. The van der Waals surface area contributed by atoms with Crippen molar-refractivity contribution in [1.29, 1.82) is 0 Å². The standard InChI is InChI=1S/C20H28N2O3/c1-13-17(14(2)25-22-13)12-21-19(24)11-10-18(23)15-6-8-16(9-7-15)20(3,4)5/h6-9,18,23H,10-12H2,1-5H3,(H,21,24)/t18-/m1/s1. The molecule has 0 saturated carbocycles. The van der Waals surface area contributed by atoms with Gasteiger partial charge >= 0.3 is 0 Å². The van der Waals surface area contributed by atoms with E-state index in [1.54, 1.807) is 0 Å². The number of amides is 1. The molecule has 1 aromatic heterocycles. The van der Waals surface area contributed by atoms with E-state index in [2.05, 4.69) is 31.2 Å². The minimum atomic E-state index is -0.640. The molecule has 0 aliphatic carbocycles. The maximum atomic E-state index is 12.0. The molecule has 0 aliphatic rings. The van der Waals surface area contributed by atoms with Crippen LogP contribution in [0.15, 0.2) is 28.8 Å². The van der Waals surface area contributed by atoms with Crippen molar-refractivity contribution in [3.05, 3.63) is 52.4 Å². The van der Waals surface area contributed by atoms with Crippen LogP contribution in [0.1, 0.15) is 67.9 Å². The van der Waals surface area contributed by atoms with Crippen molar-refractivity contribution in [2.45, 2.75) is 65.5 Å². The molecular formula is C20H28N2O3. The minimum absolute atomic E-state index is 0.0849. The molecule has 0 radical (unpaired) electrons. The second kappa shape index (κ2) is 7.83. The second-order valence-corrected chi connectivity index (χ2v) is 7.51. The zero-order valence-corrected chi connectivity index (χ0v) is 15.7. The molecule has 136 valence electrons. The number of rotatable bonds is 6. The molecule has 0 bridgehead atoms. The Morgan fingerprint density at radius 1 is 1.24 bits per heavy atom. The zero-order chi connectivity index (χ0) is 18.6. The molecule has 1 amide bonds. The summed E-state index contributed by atoms with van der Waals surface area (Å²) in [5, 5.41) is 17.0. The number of nitrogens with one attached hydrogen (secondary N) is 1. The molecule has 1 aromatic carbocycles. The van der Waals surface area contributed by atoms with Gasteiger partial charge in [0, 0.05) is 18.5 Å². The highest BCUT2D eigenvalue weighted by Gasteiger charge is 2.16. The normalized spacial score (nSPS) is 12.9. The Hall–Kier alpha value is -2.14. The number of aromatic nitrogens is 1. The smallest absolute Gasteiger partial charge is 0.220 e. The van der Waals surface area contributed by atoms with E-state index >= 15 is 0 Å². The fourth-order valence-corrected chi connectivity index (χ4v) is 2.67. The van der Waals surface area contributed by atoms with Crippen molar-refractivity contribution in [2.75, 3.05) is 0 Å². The van der Waals surface area contributed by atoms with E-state index in [0.29, 0.717) is 13.0 Å². The van der Waals surface area contributed by atoms with Crippen LogP contribution in [0, 0.1) is 13.8 Å². The molecule has 0 saturated heterocycles. The van der Waals surface area contributed by atoms with Gasteiger partial charge in [-0.15, -0.1) is 0 Å². The van der Waals surface area contributed by atoms with Crippen LogP contribution in [-0.2, 0) is 16.8 Å². The van der Waals surface area contributed by atoms with Crippen molar-refractivity contribution < 1.29 is 14.4 Å². The van der Waals surface area contributed by atoms with Crippen LogP contribution in [0.5, 0.6) is 0 Å². The van der Waals surface area contributed by atoms with E-state index < -0.39 is 6.10 Å². The summed E-state index contributed by atoms with van der Waals surface area (Å²) in [4.78, 5) is 12.0. The Morgan fingerprint density at radius 2 is 1.88 bits per heavy atom. The highest BCUT2D eigenvalue weighted by molar-refractivity contribution is 5.75. The third-order valence-corrected chi connectivity index (χ3v) is 4.45. The highest BCUT2D eigenvalue weighted by Crippen LogP contribution is 2.25. The molecule has 0 unspecified atom stereocenters. The highest BCUT2D eigenvalue weighted by atomic mass is 16.5. The van der Waals surface area contributed by atoms with Crippen LogP contribution >= 0.6 is 0 Å². The molecule has 2 N–H and O–H groups in total. The summed E-state index contributed by atoms with van der Waals surface area (Å²) < 4.78 is 5.08. The summed E-state index contributed by atoms with van der Waals surface area (Å²) in [6.07, 6.45) is 0.0206. The lowest BCUT2D eigenvalue weighted by Crippen LogP contribution is -2.23. The molecule has 25 heavy (non-hydrogen) atoms. The number of aliphatic hydroxyl groups excluding tert-OH is 1. The van der Waals surface area contributed by atoms with Gasteiger partial charge in [-0.3, -0.25) is 4.79 Å². The molecule has 2 rings (SSSR count). The Morgan fingerprint density at radius 3 is 2.40 bits per heavy atom. The largest absolute Gasteiger partial charge is 0.388 e. The molecule has 1 atom stereocenters. The summed E-state index contributed by atoms with van der Waals surface area (Å²) in [5.41, 5.74) is 3.84. The SMILES string of the molecule is Cc1noc(C)c1CNC(=O)CC[C@@H](O)c1ccc(C(C)(C)C)cc1. The Bertz CT molecular complexity index is 692. The van der Waals surface area contributed by atoms with Gasteiger partial charge in [-0.1, -0.05) is 50.2 Å². The lowest BCUT2D eigenvalue weighted by Gasteiger charge is -2.20. The molecule has 0 aliphatic heterocycles. The second-order valence-electron chi connectivity index (χ2n) is 7.51. The van der Waals surface area contributed by atoms with Gasteiger partial charge in [-0.05, 0) is 36.8 Å². The molecule has 5 heteroatoms. The topological polar surface area (TPSA) is 75.4 Å². The van der Waals surface area contributed by atoms with Crippen LogP contribution in [0.3, 0.4) is 0 Å². The summed E-state index contributed by atoms with van der Waals surface area (Å²) >= 11 is 0. The van der Waals surface area contributed by atoms with E-state index in [1.807, 2.05) is 38.1 Å². The Kier molecular flexibility index (Phi) is 6.01. The van der Waals surface area contributed by atoms with Gasteiger partial charge in [0.2, 0.25) is 5.91 Å². The number of benzene rings is 1. The first-order valence-electron chi connectivity index (χ1n) is 8.65. The zero-order valence-electron chi connectivity index (χ0n) is 15.7. The van der Waals surface area contributed by atoms with E-state index in [-0.39, 0.29) is 17.7 Å². The number of aliphatic hydroxyl groups is 1. The van der Waals surface area contributed by atoms with Gasteiger partial charge in [-0.2, -0.15) is 0 Å². The van der Waals surface area contributed by atoms with Gasteiger partial charge < -0.3 is 14.9 Å². The van der Waals surface area contributed by atoms with E-state index in [4.69, 9.17) is 4.52 Å². The molecule has 0 fully saturated rings. The lowest BCUT2D eigenvalue weighted by atomic mass is 9.86. The third kappa shape index (κ3) is 5.16. The Balaban J connectivity index is 1.83. The molecular weight excluding hydrogens is 316 g/mol. The summed E-state index contributed by atoms with van der Waals surface area (Å²) in [6.45, 7) is 10.5. The number of nitrogens with zero attached hydrogens (tertiary/aromatic N) is 1. The predicted molar refractivity (Wildman–Crippen MR) is 97.2 cm³/mol. The number of aryl methyl sites for hydroxylation is 2. The first kappa shape index (κ1) is 19.2. The minimum Gasteiger partial charge on any atom is -0.388 e. The van der Waals surface area contributed by atoms with Crippen LogP contribution in [0.2, 0.25) is 0 Å². The quantitative estimate of drug-likeness (QED) is 0.837. The first-order chi connectivity index (χ1) is 11.7. The average molecular weight is 344 g/mol. The maximum Gasteiger partial charge on any atom is 0.220 e. The summed E-state index contributed by atoms with van der Waals surface area (Å²) in [6, 6.07) is 7.95. The third-order valence-electron chi connectivity index (χ3n) is 4.45. The van der Waals surface area contributed by atoms with Gasteiger partial charge in [0.15, 0.2) is 0 Å². The Labute approximate surface area is 149 Å². The van der Waals surface area contributed by atoms with Crippen LogP contribution in [0.25, 0.3) is 0 Å². The lowest BCUT2D eigenvalue weighted by molar-refractivity contribution is -0.121. The fourth-order valence-electron chi connectivity index (χ4n) is 2.67. The number of hydrogen-bond acceptors (Lipinski definition) is 4. The van der Waals surface area contributed by atoms with E-state index in [0.717, 1.165) is 22.6 Å². The molecule has 1 heterocycles. The van der Waals surface area contributed by atoms with Gasteiger partial charge in [-0.25, -0.2) is 0 Å². The van der Waals surface area contributed by atoms with Crippen LogP contribution < -0.4 is 5.32 Å². The first-order valence-corrected chi connectivity index (χ1v) is 8.65. The maximum absolute atomic E-state index is 12.0. The average Bonchev–Trinajstić information content (AvgIpc) is 2.88. The van der Waals surface area contributed by atoms with Crippen LogP contribution in [-0.4, -0.2) is 16.2 Å². The van der Waals surface area contributed by atoms with Crippen molar-refractivity contribution in [3.8, 4) is 0 Å². The molecule has 5 nitrogen and oxygen atoms in total. The molecule has 0 spiro atoms. The number of carbonyl (C=O) groups is 1.